The van der Waals surface area contributed by atoms with Crippen LogP contribution in [-0.2, 0) is 0 Å². The Morgan fingerprint density at radius 3 is 2.63 bits per heavy atom. The lowest BCUT2D eigenvalue weighted by molar-refractivity contribution is 0.548. The van der Waals surface area contributed by atoms with Gasteiger partial charge in [-0.2, -0.15) is 0 Å². The maximum Gasteiger partial charge on any atom is 0.174 e. The van der Waals surface area contributed by atoms with Gasteiger partial charge in [-0.05, 0) is 19.0 Å². The first kappa shape index (κ1) is 14.5. The fourth-order valence-corrected chi connectivity index (χ4v) is 3.88. The minimum Gasteiger partial charge on any atom is -0.309 e. The molecule has 0 saturated carbocycles. The van der Waals surface area contributed by atoms with Crippen molar-refractivity contribution in [2.45, 2.75) is 36.4 Å². The minimum absolute atomic E-state index is 0.333. The molecule has 1 aromatic carbocycles. The zero-order chi connectivity index (χ0) is 13.7. The van der Waals surface area contributed by atoms with Gasteiger partial charge in [-0.3, -0.25) is 0 Å². The Kier molecular flexibility index (Phi) is 5.36. The molecular formula is C14H19N3S2. The summed E-state index contributed by atoms with van der Waals surface area (Å²) >= 11 is 3.38. The lowest BCUT2D eigenvalue weighted by Gasteiger charge is -2.24. The highest BCUT2D eigenvalue weighted by atomic mass is 32.2. The van der Waals surface area contributed by atoms with Crippen LogP contribution in [0.3, 0.4) is 0 Å². The molecule has 0 spiro atoms. The van der Waals surface area contributed by atoms with Gasteiger partial charge >= 0.3 is 0 Å². The van der Waals surface area contributed by atoms with Crippen LogP contribution in [0.5, 0.6) is 0 Å². The summed E-state index contributed by atoms with van der Waals surface area (Å²) in [6.45, 7) is 7.45. The number of nitrogens with one attached hydrogen (secondary N) is 1. The van der Waals surface area contributed by atoms with Crippen LogP contribution in [0.4, 0.5) is 0 Å². The van der Waals surface area contributed by atoms with Crippen LogP contribution < -0.4 is 5.32 Å². The predicted molar refractivity (Wildman–Crippen MR) is 82.8 cm³/mol. The maximum absolute atomic E-state index is 4.11. The van der Waals surface area contributed by atoms with Crippen molar-refractivity contribution in [2.75, 3.05) is 6.54 Å². The third kappa shape index (κ3) is 4.03. The Hall–Kier alpha value is -0.910. The average Bonchev–Trinajstić information content (AvgIpc) is 2.90. The summed E-state index contributed by atoms with van der Waals surface area (Å²) in [7, 11) is 0. The first-order valence-corrected chi connectivity index (χ1v) is 8.19. The molecule has 2 unspecified atom stereocenters. The van der Waals surface area contributed by atoms with E-state index in [0.29, 0.717) is 11.3 Å². The van der Waals surface area contributed by atoms with E-state index in [0.717, 1.165) is 10.9 Å². The molecule has 0 saturated heterocycles. The van der Waals surface area contributed by atoms with E-state index in [-0.39, 0.29) is 0 Å². The molecule has 0 aliphatic heterocycles. The van der Waals surface area contributed by atoms with Crippen molar-refractivity contribution in [2.24, 2.45) is 0 Å². The first-order chi connectivity index (χ1) is 9.20. The van der Waals surface area contributed by atoms with Gasteiger partial charge in [-0.15, -0.1) is 10.2 Å². The van der Waals surface area contributed by atoms with Gasteiger partial charge in [0.2, 0.25) is 0 Å². The molecule has 0 aliphatic rings. The Balaban J connectivity index is 2.12. The SMILES string of the molecule is CCNC(c1ccc(C)cc1)C(C)Sc1nncs1. The minimum atomic E-state index is 0.333. The molecule has 1 heterocycles. The molecule has 0 radical (unpaired) electrons. The van der Waals surface area contributed by atoms with E-state index in [1.54, 1.807) is 28.6 Å². The van der Waals surface area contributed by atoms with Crippen molar-refractivity contribution in [3.8, 4) is 0 Å². The van der Waals surface area contributed by atoms with Crippen LogP contribution >= 0.6 is 23.1 Å². The van der Waals surface area contributed by atoms with E-state index in [2.05, 4.69) is 60.6 Å². The molecule has 0 amide bonds. The van der Waals surface area contributed by atoms with Crippen LogP contribution in [0.1, 0.15) is 31.0 Å². The number of hydrogen-bond donors (Lipinski definition) is 1. The van der Waals surface area contributed by atoms with E-state index in [9.17, 15) is 0 Å². The van der Waals surface area contributed by atoms with Gasteiger partial charge in [0.05, 0.1) is 0 Å². The Morgan fingerprint density at radius 2 is 2.05 bits per heavy atom. The number of rotatable bonds is 6. The molecule has 19 heavy (non-hydrogen) atoms. The summed E-state index contributed by atoms with van der Waals surface area (Å²) in [5.74, 6) is 0. The number of benzene rings is 1. The molecule has 2 atom stereocenters. The molecule has 1 N–H and O–H groups in total. The fraction of sp³-hybridized carbons (Fsp3) is 0.429. The summed E-state index contributed by atoms with van der Waals surface area (Å²) in [6.07, 6.45) is 0. The lowest BCUT2D eigenvalue weighted by Crippen LogP contribution is -2.28. The average molecular weight is 293 g/mol. The Morgan fingerprint density at radius 1 is 1.32 bits per heavy atom. The standard InChI is InChI=1S/C14H19N3S2/c1-4-15-13(12-7-5-10(2)6-8-12)11(3)19-14-17-16-9-18-14/h5-9,11,13,15H,4H2,1-3H3. The summed E-state index contributed by atoms with van der Waals surface area (Å²) < 4.78 is 1.03. The fourth-order valence-electron chi connectivity index (χ4n) is 1.99. The van der Waals surface area contributed by atoms with Crippen molar-refractivity contribution in [1.29, 1.82) is 0 Å². The first-order valence-electron chi connectivity index (χ1n) is 6.43. The number of thioether (sulfide) groups is 1. The molecule has 2 aromatic rings. The van der Waals surface area contributed by atoms with Crippen molar-refractivity contribution >= 4 is 23.1 Å². The largest absolute Gasteiger partial charge is 0.309 e. The van der Waals surface area contributed by atoms with Crippen molar-refractivity contribution in [3.63, 3.8) is 0 Å². The third-order valence-corrected chi connectivity index (χ3v) is 4.94. The van der Waals surface area contributed by atoms with Gasteiger partial charge in [-0.1, -0.05) is 66.8 Å². The molecule has 0 aliphatic carbocycles. The molecule has 0 fully saturated rings. The van der Waals surface area contributed by atoms with Crippen molar-refractivity contribution in [3.05, 3.63) is 40.9 Å². The summed E-state index contributed by atoms with van der Waals surface area (Å²) in [5, 5.41) is 12.0. The second-order valence-corrected chi connectivity index (χ2v) is 6.93. The molecule has 3 nitrogen and oxygen atoms in total. The highest BCUT2D eigenvalue weighted by Crippen LogP contribution is 2.32. The number of nitrogens with zero attached hydrogens (tertiary/aromatic N) is 2. The van der Waals surface area contributed by atoms with Crippen molar-refractivity contribution < 1.29 is 0 Å². The van der Waals surface area contributed by atoms with Crippen LogP contribution in [-0.4, -0.2) is 22.0 Å². The van der Waals surface area contributed by atoms with Gasteiger partial charge in [0, 0.05) is 11.3 Å². The predicted octanol–water partition coefficient (Wildman–Crippen LogP) is 3.68. The van der Waals surface area contributed by atoms with E-state index in [1.807, 2.05) is 0 Å². The van der Waals surface area contributed by atoms with Gasteiger partial charge in [0.1, 0.15) is 5.51 Å². The van der Waals surface area contributed by atoms with Gasteiger partial charge in [0.15, 0.2) is 4.34 Å². The Bertz CT molecular complexity index is 482. The lowest BCUT2D eigenvalue weighted by atomic mass is 10.0. The molecular weight excluding hydrogens is 274 g/mol. The zero-order valence-corrected chi connectivity index (χ0v) is 13.1. The van der Waals surface area contributed by atoms with E-state index < -0.39 is 0 Å². The third-order valence-electron chi connectivity index (χ3n) is 2.96. The number of hydrogen-bond acceptors (Lipinski definition) is 5. The van der Waals surface area contributed by atoms with Crippen LogP contribution in [0.15, 0.2) is 34.1 Å². The van der Waals surface area contributed by atoms with Crippen LogP contribution in [0, 0.1) is 6.92 Å². The van der Waals surface area contributed by atoms with Crippen LogP contribution in [0.2, 0.25) is 0 Å². The summed E-state index contributed by atoms with van der Waals surface area (Å²) in [5.41, 5.74) is 4.41. The molecule has 102 valence electrons. The summed E-state index contributed by atoms with van der Waals surface area (Å²) in [4.78, 5) is 0. The molecule has 5 heteroatoms. The van der Waals surface area contributed by atoms with Gasteiger partial charge in [-0.25, -0.2) is 0 Å². The molecule has 1 aromatic heterocycles. The normalized spacial score (nSPS) is 14.3. The van der Waals surface area contributed by atoms with Gasteiger partial charge < -0.3 is 5.32 Å². The van der Waals surface area contributed by atoms with E-state index in [4.69, 9.17) is 0 Å². The van der Waals surface area contributed by atoms with Crippen LogP contribution in [0.25, 0.3) is 0 Å². The maximum atomic E-state index is 4.11. The second-order valence-electron chi connectivity index (χ2n) is 4.47. The molecule has 2 rings (SSSR count). The Labute approximate surface area is 122 Å². The van der Waals surface area contributed by atoms with Gasteiger partial charge in [0.25, 0.3) is 0 Å². The molecule has 0 bridgehead atoms. The quantitative estimate of drug-likeness (QED) is 0.825. The highest BCUT2D eigenvalue weighted by molar-refractivity contribution is 8.01. The van der Waals surface area contributed by atoms with Crippen molar-refractivity contribution in [1.82, 2.24) is 15.5 Å². The second kappa shape index (κ2) is 7.03. The monoisotopic (exact) mass is 293 g/mol. The topological polar surface area (TPSA) is 37.8 Å². The van der Waals surface area contributed by atoms with E-state index in [1.165, 1.54) is 11.1 Å². The zero-order valence-electron chi connectivity index (χ0n) is 11.5. The smallest absolute Gasteiger partial charge is 0.174 e. The van der Waals surface area contributed by atoms with E-state index >= 15 is 0 Å². The number of aromatic nitrogens is 2. The highest BCUT2D eigenvalue weighted by Gasteiger charge is 2.20. The summed E-state index contributed by atoms with van der Waals surface area (Å²) in [6, 6.07) is 9.09. The number of aryl methyl sites for hydroxylation is 1.